The molecule has 128 valence electrons. The van der Waals surface area contributed by atoms with E-state index < -0.39 is 17.5 Å². The van der Waals surface area contributed by atoms with Crippen LogP contribution in [0.3, 0.4) is 0 Å². The second kappa shape index (κ2) is 6.05. The van der Waals surface area contributed by atoms with Gasteiger partial charge in [0.15, 0.2) is 0 Å². The highest BCUT2D eigenvalue weighted by molar-refractivity contribution is 6.07. The number of primary amides is 1. The SMILES string of the molecule is Cc1ccccc1[C@@]1(C)NC(=O)N(Cc2cccc(C(N)=O)c2)C1=O. The fraction of sp³-hybridized carbons (Fsp3) is 0.211. The standard InChI is InChI=1S/C19H19N3O3/c1-12-6-3-4-9-15(12)19(2)17(24)22(18(25)21-19)11-13-7-5-8-14(10-13)16(20)23/h3-10H,11H2,1-2H3,(H2,20,23)(H,21,25)/t19-/m1/s1. The van der Waals surface area contributed by atoms with E-state index in [1.165, 1.54) is 0 Å². The molecule has 6 heteroatoms. The van der Waals surface area contributed by atoms with Gasteiger partial charge in [0.2, 0.25) is 5.91 Å². The Kier molecular flexibility index (Phi) is 4.04. The molecule has 6 nitrogen and oxygen atoms in total. The number of aryl methyl sites for hydroxylation is 1. The van der Waals surface area contributed by atoms with Gasteiger partial charge in [0.05, 0.1) is 6.54 Å². The second-order valence-electron chi connectivity index (χ2n) is 6.33. The van der Waals surface area contributed by atoms with E-state index >= 15 is 0 Å². The molecule has 1 saturated heterocycles. The lowest BCUT2D eigenvalue weighted by Crippen LogP contribution is -2.41. The van der Waals surface area contributed by atoms with Crippen LogP contribution in [0.25, 0.3) is 0 Å². The minimum absolute atomic E-state index is 0.0766. The Bertz CT molecular complexity index is 878. The Morgan fingerprint density at radius 1 is 1.16 bits per heavy atom. The fourth-order valence-electron chi connectivity index (χ4n) is 3.16. The van der Waals surface area contributed by atoms with Gasteiger partial charge in [-0.05, 0) is 42.7 Å². The third kappa shape index (κ3) is 2.87. The summed E-state index contributed by atoms with van der Waals surface area (Å²) in [7, 11) is 0. The highest BCUT2D eigenvalue weighted by Crippen LogP contribution is 2.31. The molecule has 1 fully saturated rings. The number of rotatable bonds is 4. The lowest BCUT2D eigenvalue weighted by atomic mass is 9.88. The van der Waals surface area contributed by atoms with Gasteiger partial charge in [0.1, 0.15) is 5.54 Å². The summed E-state index contributed by atoms with van der Waals surface area (Å²) >= 11 is 0. The molecule has 0 bridgehead atoms. The Morgan fingerprint density at radius 2 is 1.88 bits per heavy atom. The van der Waals surface area contributed by atoms with E-state index in [1.54, 1.807) is 31.2 Å². The van der Waals surface area contributed by atoms with Crippen molar-refractivity contribution in [3.8, 4) is 0 Å². The zero-order valence-corrected chi connectivity index (χ0v) is 14.1. The quantitative estimate of drug-likeness (QED) is 0.837. The van der Waals surface area contributed by atoms with Gasteiger partial charge in [-0.2, -0.15) is 0 Å². The van der Waals surface area contributed by atoms with Crippen LogP contribution >= 0.6 is 0 Å². The average molecular weight is 337 g/mol. The molecule has 0 spiro atoms. The first-order chi connectivity index (χ1) is 11.8. The third-order valence-electron chi connectivity index (χ3n) is 4.51. The van der Waals surface area contributed by atoms with Crippen LogP contribution in [0.1, 0.15) is 34.0 Å². The summed E-state index contributed by atoms with van der Waals surface area (Å²) in [6, 6.07) is 13.6. The first-order valence-corrected chi connectivity index (χ1v) is 7.92. The van der Waals surface area contributed by atoms with Crippen molar-refractivity contribution in [3.63, 3.8) is 0 Å². The van der Waals surface area contributed by atoms with E-state index in [2.05, 4.69) is 5.32 Å². The van der Waals surface area contributed by atoms with Gasteiger partial charge in [0, 0.05) is 5.56 Å². The smallest absolute Gasteiger partial charge is 0.325 e. The first-order valence-electron chi connectivity index (χ1n) is 7.92. The minimum Gasteiger partial charge on any atom is -0.366 e. The molecule has 0 aliphatic carbocycles. The molecular weight excluding hydrogens is 318 g/mol. The van der Waals surface area contributed by atoms with Gasteiger partial charge >= 0.3 is 6.03 Å². The molecular formula is C19H19N3O3. The van der Waals surface area contributed by atoms with Gasteiger partial charge in [-0.1, -0.05) is 36.4 Å². The molecule has 3 N–H and O–H groups in total. The largest absolute Gasteiger partial charge is 0.366 e. The third-order valence-corrected chi connectivity index (χ3v) is 4.51. The Morgan fingerprint density at radius 3 is 2.56 bits per heavy atom. The van der Waals surface area contributed by atoms with Crippen LogP contribution in [-0.4, -0.2) is 22.7 Å². The van der Waals surface area contributed by atoms with E-state index in [1.807, 2.05) is 31.2 Å². The van der Waals surface area contributed by atoms with Gasteiger partial charge in [-0.3, -0.25) is 14.5 Å². The zero-order chi connectivity index (χ0) is 18.2. The summed E-state index contributed by atoms with van der Waals surface area (Å²) in [5.41, 5.74) is 6.87. The van der Waals surface area contributed by atoms with E-state index in [9.17, 15) is 14.4 Å². The number of nitrogens with one attached hydrogen (secondary N) is 1. The van der Waals surface area contributed by atoms with E-state index in [-0.39, 0.29) is 12.5 Å². The maximum atomic E-state index is 13.0. The Labute approximate surface area is 145 Å². The zero-order valence-electron chi connectivity index (χ0n) is 14.1. The fourth-order valence-corrected chi connectivity index (χ4v) is 3.16. The summed E-state index contributed by atoms with van der Waals surface area (Å²) < 4.78 is 0. The number of hydrogen-bond acceptors (Lipinski definition) is 3. The van der Waals surface area contributed by atoms with Crippen molar-refractivity contribution in [2.24, 2.45) is 5.73 Å². The topological polar surface area (TPSA) is 92.5 Å². The number of amides is 4. The van der Waals surface area contributed by atoms with Crippen molar-refractivity contribution >= 4 is 17.8 Å². The van der Waals surface area contributed by atoms with E-state index in [0.717, 1.165) is 16.0 Å². The van der Waals surface area contributed by atoms with Crippen molar-refractivity contribution in [1.29, 1.82) is 0 Å². The lowest BCUT2D eigenvalue weighted by Gasteiger charge is -2.24. The number of benzene rings is 2. The molecule has 25 heavy (non-hydrogen) atoms. The van der Waals surface area contributed by atoms with Gasteiger partial charge in [-0.15, -0.1) is 0 Å². The molecule has 0 unspecified atom stereocenters. The van der Waals surface area contributed by atoms with Crippen molar-refractivity contribution in [3.05, 3.63) is 70.8 Å². The molecule has 0 radical (unpaired) electrons. The van der Waals surface area contributed by atoms with Gasteiger partial charge in [-0.25, -0.2) is 4.79 Å². The summed E-state index contributed by atoms with van der Waals surface area (Å²) in [6.07, 6.45) is 0. The van der Waals surface area contributed by atoms with Crippen molar-refractivity contribution < 1.29 is 14.4 Å². The maximum absolute atomic E-state index is 13.0. The Hall–Kier alpha value is -3.15. The summed E-state index contributed by atoms with van der Waals surface area (Å²) in [4.78, 5) is 37.8. The number of imide groups is 1. The van der Waals surface area contributed by atoms with Gasteiger partial charge < -0.3 is 11.1 Å². The summed E-state index contributed by atoms with van der Waals surface area (Å²) in [6.45, 7) is 3.68. The van der Waals surface area contributed by atoms with E-state index in [4.69, 9.17) is 5.73 Å². The number of carbonyl (C=O) groups excluding carboxylic acids is 3. The van der Waals surface area contributed by atoms with Crippen LogP contribution in [0.4, 0.5) is 4.79 Å². The van der Waals surface area contributed by atoms with Crippen LogP contribution in [0.5, 0.6) is 0 Å². The molecule has 1 atom stereocenters. The van der Waals surface area contributed by atoms with Crippen LogP contribution in [0, 0.1) is 6.92 Å². The lowest BCUT2D eigenvalue weighted by molar-refractivity contribution is -0.131. The molecule has 0 saturated carbocycles. The highest BCUT2D eigenvalue weighted by atomic mass is 16.2. The minimum atomic E-state index is -1.11. The van der Waals surface area contributed by atoms with Gasteiger partial charge in [0.25, 0.3) is 5.91 Å². The average Bonchev–Trinajstić information content (AvgIpc) is 2.79. The number of hydrogen-bond donors (Lipinski definition) is 2. The molecule has 1 aliphatic rings. The van der Waals surface area contributed by atoms with Crippen LogP contribution < -0.4 is 11.1 Å². The van der Waals surface area contributed by atoms with Crippen molar-refractivity contribution in [1.82, 2.24) is 10.2 Å². The Balaban J connectivity index is 1.91. The van der Waals surface area contributed by atoms with Crippen LogP contribution in [-0.2, 0) is 16.9 Å². The monoisotopic (exact) mass is 337 g/mol. The molecule has 2 aromatic rings. The predicted molar refractivity (Wildman–Crippen MR) is 92.6 cm³/mol. The molecule has 1 aliphatic heterocycles. The molecule has 0 aromatic heterocycles. The summed E-state index contributed by atoms with van der Waals surface area (Å²) in [5, 5.41) is 2.79. The number of urea groups is 1. The number of carbonyl (C=O) groups is 3. The number of nitrogens with two attached hydrogens (primary N) is 1. The van der Waals surface area contributed by atoms with E-state index in [0.29, 0.717) is 11.1 Å². The number of nitrogens with zero attached hydrogens (tertiary/aromatic N) is 1. The predicted octanol–water partition coefficient (Wildman–Crippen LogP) is 2.06. The van der Waals surface area contributed by atoms with Crippen molar-refractivity contribution in [2.75, 3.05) is 0 Å². The second-order valence-corrected chi connectivity index (χ2v) is 6.33. The normalized spacial score (nSPS) is 19.8. The maximum Gasteiger partial charge on any atom is 0.325 e. The molecule has 4 amide bonds. The summed E-state index contributed by atoms with van der Waals surface area (Å²) in [5.74, 6) is -0.875. The molecule has 1 heterocycles. The molecule has 2 aromatic carbocycles. The van der Waals surface area contributed by atoms with Crippen LogP contribution in [0.2, 0.25) is 0 Å². The highest BCUT2D eigenvalue weighted by Gasteiger charge is 2.49. The van der Waals surface area contributed by atoms with Crippen molar-refractivity contribution in [2.45, 2.75) is 25.9 Å². The molecule has 3 rings (SSSR count). The first kappa shape index (κ1) is 16.7. The van der Waals surface area contributed by atoms with Crippen LogP contribution in [0.15, 0.2) is 48.5 Å².